The Balaban J connectivity index is 1.61. The van der Waals surface area contributed by atoms with E-state index in [1.807, 2.05) is 35.0 Å². The summed E-state index contributed by atoms with van der Waals surface area (Å²) in [5.41, 5.74) is 1.16. The monoisotopic (exact) mass is 448 g/mol. The molecule has 4 heterocycles. The number of aromatic nitrogens is 4. The lowest BCUT2D eigenvalue weighted by Gasteiger charge is -2.11. The molecule has 0 radical (unpaired) electrons. The van der Waals surface area contributed by atoms with Crippen LogP contribution < -0.4 is 15.0 Å². The van der Waals surface area contributed by atoms with Crippen LogP contribution in [0, 0.1) is 0 Å². The third-order valence-electron chi connectivity index (χ3n) is 4.58. The van der Waals surface area contributed by atoms with E-state index < -0.39 is 0 Å². The topological polar surface area (TPSA) is 79.1 Å². The number of nitrogens with zero attached hydrogens (tertiary/aromatic N) is 4. The highest BCUT2D eigenvalue weighted by Crippen LogP contribution is 2.25. The van der Waals surface area contributed by atoms with Crippen molar-refractivity contribution >= 4 is 33.8 Å². The summed E-state index contributed by atoms with van der Waals surface area (Å²) in [5, 5.41) is 3.91. The van der Waals surface area contributed by atoms with E-state index in [0.717, 1.165) is 15.5 Å². The molecule has 0 fully saturated rings. The van der Waals surface area contributed by atoms with Crippen LogP contribution in [0.2, 0.25) is 0 Å². The molecule has 0 bridgehead atoms. The second kappa shape index (κ2) is 8.29. The molecule has 0 amide bonds. The van der Waals surface area contributed by atoms with Crippen molar-refractivity contribution in [3.63, 3.8) is 0 Å². The number of hydrogen-bond acceptors (Lipinski definition) is 8. The molecule has 0 aliphatic carbocycles. The molecule has 0 saturated heterocycles. The average Bonchev–Trinajstić information content (AvgIpc) is 3.51. The Hall–Kier alpha value is -3.56. The molecule has 0 spiro atoms. The van der Waals surface area contributed by atoms with Crippen LogP contribution in [-0.4, -0.2) is 26.6 Å². The van der Waals surface area contributed by atoms with Crippen molar-refractivity contribution in [2.24, 2.45) is 0 Å². The van der Waals surface area contributed by atoms with Gasteiger partial charge in [0.2, 0.25) is 0 Å². The maximum absolute atomic E-state index is 13.3. The van der Waals surface area contributed by atoms with Crippen LogP contribution in [-0.2, 0) is 6.54 Å². The standard InChI is InChI=1S/C22H16N4O3S2/c1-28-14-6-8-15(9-7-14)29-22-23-12-17-20(25-22)26(13-16-4-2-10-30-16)21(27)19(24-17)18-5-3-11-31-18/h2-12H,13H2,1H3. The molecule has 0 atom stereocenters. The lowest BCUT2D eigenvalue weighted by Crippen LogP contribution is -2.24. The molecule has 4 aromatic heterocycles. The SMILES string of the molecule is COc1ccc(Oc2ncc3nc(-c4cccs4)c(=O)n(Cc4cccs4)c3n2)cc1. The van der Waals surface area contributed by atoms with E-state index in [1.165, 1.54) is 11.3 Å². The van der Waals surface area contributed by atoms with E-state index in [2.05, 4.69) is 15.0 Å². The van der Waals surface area contributed by atoms with Crippen molar-refractivity contribution in [1.82, 2.24) is 19.5 Å². The van der Waals surface area contributed by atoms with Crippen LogP contribution in [0.25, 0.3) is 21.7 Å². The third-order valence-corrected chi connectivity index (χ3v) is 6.32. The van der Waals surface area contributed by atoms with E-state index in [0.29, 0.717) is 29.2 Å². The van der Waals surface area contributed by atoms with Gasteiger partial charge in [0, 0.05) is 4.88 Å². The van der Waals surface area contributed by atoms with E-state index in [-0.39, 0.29) is 11.6 Å². The lowest BCUT2D eigenvalue weighted by molar-refractivity contribution is 0.410. The quantitative estimate of drug-likeness (QED) is 0.370. The number of ether oxygens (including phenoxy) is 2. The summed E-state index contributed by atoms with van der Waals surface area (Å²) in [5.74, 6) is 1.29. The molecule has 0 aliphatic rings. The molecular weight excluding hydrogens is 432 g/mol. The first-order chi connectivity index (χ1) is 15.2. The molecule has 5 aromatic rings. The van der Waals surface area contributed by atoms with Gasteiger partial charge in [0.15, 0.2) is 5.65 Å². The van der Waals surface area contributed by atoms with Crippen molar-refractivity contribution < 1.29 is 9.47 Å². The number of benzene rings is 1. The molecule has 5 rings (SSSR count). The van der Waals surface area contributed by atoms with E-state index in [4.69, 9.17) is 9.47 Å². The molecule has 9 heteroatoms. The molecular formula is C22H16N4O3S2. The highest BCUT2D eigenvalue weighted by atomic mass is 32.1. The Kier molecular flexibility index (Phi) is 5.19. The first kappa shape index (κ1) is 19.4. The molecule has 0 saturated carbocycles. The van der Waals surface area contributed by atoms with Gasteiger partial charge in [-0.25, -0.2) is 9.97 Å². The van der Waals surface area contributed by atoms with Gasteiger partial charge in [-0.1, -0.05) is 12.1 Å². The highest BCUT2D eigenvalue weighted by molar-refractivity contribution is 7.13. The first-order valence-electron chi connectivity index (χ1n) is 9.37. The van der Waals surface area contributed by atoms with Gasteiger partial charge in [0.1, 0.15) is 22.7 Å². The van der Waals surface area contributed by atoms with Crippen molar-refractivity contribution in [1.29, 1.82) is 0 Å². The van der Waals surface area contributed by atoms with Gasteiger partial charge in [0.25, 0.3) is 5.56 Å². The molecule has 0 aliphatic heterocycles. The summed E-state index contributed by atoms with van der Waals surface area (Å²) in [6.07, 6.45) is 1.59. The van der Waals surface area contributed by atoms with Crippen molar-refractivity contribution in [3.8, 4) is 28.1 Å². The minimum atomic E-state index is -0.197. The van der Waals surface area contributed by atoms with Gasteiger partial charge in [-0.05, 0) is 47.2 Å². The predicted octanol–water partition coefficient (Wildman–Crippen LogP) is 4.83. The zero-order valence-electron chi connectivity index (χ0n) is 16.4. The zero-order valence-corrected chi connectivity index (χ0v) is 18.0. The molecule has 0 unspecified atom stereocenters. The molecule has 7 nitrogen and oxygen atoms in total. The van der Waals surface area contributed by atoms with Crippen LogP contribution >= 0.6 is 22.7 Å². The summed E-state index contributed by atoms with van der Waals surface area (Å²) in [6, 6.07) is 15.0. The summed E-state index contributed by atoms with van der Waals surface area (Å²) < 4.78 is 12.6. The maximum Gasteiger partial charge on any atom is 0.324 e. The van der Waals surface area contributed by atoms with E-state index >= 15 is 0 Å². The number of hydrogen-bond donors (Lipinski definition) is 0. The van der Waals surface area contributed by atoms with Gasteiger partial charge < -0.3 is 9.47 Å². The van der Waals surface area contributed by atoms with E-state index in [9.17, 15) is 4.79 Å². The summed E-state index contributed by atoms with van der Waals surface area (Å²) in [4.78, 5) is 28.6. The Labute approximate surface area is 185 Å². The smallest absolute Gasteiger partial charge is 0.324 e. The Morgan fingerprint density at radius 2 is 1.74 bits per heavy atom. The van der Waals surface area contributed by atoms with Crippen molar-refractivity contribution in [2.45, 2.75) is 6.54 Å². The number of thiophene rings is 2. The van der Waals surface area contributed by atoms with Gasteiger partial charge in [0.05, 0.1) is 24.7 Å². The van der Waals surface area contributed by atoms with Crippen molar-refractivity contribution in [2.75, 3.05) is 7.11 Å². The molecule has 1 aromatic carbocycles. The summed E-state index contributed by atoms with van der Waals surface area (Å²) >= 11 is 3.06. The average molecular weight is 449 g/mol. The number of rotatable bonds is 6. The highest BCUT2D eigenvalue weighted by Gasteiger charge is 2.17. The van der Waals surface area contributed by atoms with Crippen LogP contribution in [0.15, 0.2) is 70.3 Å². The van der Waals surface area contributed by atoms with Crippen LogP contribution in [0.4, 0.5) is 0 Å². The van der Waals surface area contributed by atoms with Gasteiger partial charge >= 0.3 is 6.01 Å². The van der Waals surface area contributed by atoms with Gasteiger partial charge in [-0.2, -0.15) is 4.98 Å². The zero-order chi connectivity index (χ0) is 21.2. The molecule has 31 heavy (non-hydrogen) atoms. The first-order valence-corrected chi connectivity index (χ1v) is 11.1. The second-order valence-corrected chi connectivity index (χ2v) is 8.53. The fraction of sp³-hybridized carbons (Fsp3) is 0.0909. The maximum atomic E-state index is 13.3. The van der Waals surface area contributed by atoms with E-state index in [1.54, 1.807) is 53.5 Å². The van der Waals surface area contributed by atoms with Crippen LogP contribution in [0.5, 0.6) is 17.5 Å². The Morgan fingerprint density at radius 3 is 2.45 bits per heavy atom. The lowest BCUT2D eigenvalue weighted by atomic mass is 10.3. The predicted molar refractivity (Wildman–Crippen MR) is 121 cm³/mol. The number of fused-ring (bicyclic) bond motifs is 1. The largest absolute Gasteiger partial charge is 0.497 e. The summed E-state index contributed by atoms with van der Waals surface area (Å²) in [6.45, 7) is 0.396. The van der Waals surface area contributed by atoms with Gasteiger partial charge in [-0.15, -0.1) is 22.7 Å². The minimum absolute atomic E-state index is 0.141. The molecule has 154 valence electrons. The third kappa shape index (κ3) is 3.92. The summed E-state index contributed by atoms with van der Waals surface area (Å²) in [7, 11) is 1.60. The van der Waals surface area contributed by atoms with Crippen LogP contribution in [0.3, 0.4) is 0 Å². The number of methoxy groups -OCH3 is 1. The minimum Gasteiger partial charge on any atom is -0.497 e. The van der Waals surface area contributed by atoms with Crippen LogP contribution in [0.1, 0.15) is 4.88 Å². The normalized spacial score (nSPS) is 11.0. The fourth-order valence-corrected chi connectivity index (χ4v) is 4.50. The second-order valence-electron chi connectivity index (χ2n) is 6.55. The van der Waals surface area contributed by atoms with Crippen molar-refractivity contribution in [3.05, 3.63) is 80.7 Å². The Bertz CT molecular complexity index is 1380. The Morgan fingerprint density at radius 1 is 0.968 bits per heavy atom. The molecule has 0 N–H and O–H groups in total. The fourth-order valence-electron chi connectivity index (χ4n) is 3.10. The van der Waals surface area contributed by atoms with Gasteiger partial charge in [-0.3, -0.25) is 9.36 Å².